The van der Waals surface area contributed by atoms with Gasteiger partial charge in [-0.05, 0) is 13.3 Å². The van der Waals surface area contributed by atoms with Crippen molar-refractivity contribution in [2.24, 2.45) is 5.84 Å². The number of nitrogen functional groups attached to an aromatic ring is 1. The van der Waals surface area contributed by atoms with Crippen LogP contribution in [0.3, 0.4) is 0 Å². The molecule has 0 bridgehead atoms. The lowest BCUT2D eigenvalue weighted by Gasteiger charge is -2.19. The van der Waals surface area contributed by atoms with Crippen LogP contribution >= 0.6 is 0 Å². The normalized spacial score (nSPS) is 12.2. The minimum Gasteiger partial charge on any atom is -0.396 e. The van der Waals surface area contributed by atoms with Gasteiger partial charge in [0.2, 0.25) is 0 Å². The molecule has 17 heavy (non-hydrogen) atoms. The number of rotatable bonds is 7. The molecule has 0 radical (unpaired) electrons. The van der Waals surface area contributed by atoms with Gasteiger partial charge in [0.15, 0.2) is 0 Å². The zero-order valence-electron chi connectivity index (χ0n) is 10.1. The second-order valence-corrected chi connectivity index (χ2v) is 3.65. The lowest BCUT2D eigenvalue weighted by Crippen LogP contribution is -2.27. The molecule has 0 spiro atoms. The minimum absolute atomic E-state index is 0.00391. The quantitative estimate of drug-likeness (QED) is 0.389. The van der Waals surface area contributed by atoms with Crippen LogP contribution in [0.5, 0.6) is 0 Å². The van der Waals surface area contributed by atoms with Crippen molar-refractivity contribution in [3.05, 3.63) is 11.9 Å². The average Bonchev–Trinajstić information content (AvgIpc) is 2.32. The van der Waals surface area contributed by atoms with Gasteiger partial charge in [-0.15, -0.1) is 0 Å². The van der Waals surface area contributed by atoms with Gasteiger partial charge in [0.1, 0.15) is 18.0 Å². The fraction of sp³-hybridized carbons (Fsp3) is 0.600. The first-order valence-electron chi connectivity index (χ1n) is 5.37. The van der Waals surface area contributed by atoms with Crippen LogP contribution in [-0.2, 0) is 4.74 Å². The van der Waals surface area contributed by atoms with E-state index in [4.69, 9.17) is 15.7 Å². The molecule has 0 aliphatic heterocycles. The Balaban J connectivity index is 2.77. The highest BCUT2D eigenvalue weighted by Crippen LogP contribution is 2.18. The van der Waals surface area contributed by atoms with Crippen molar-refractivity contribution in [3.63, 3.8) is 0 Å². The highest BCUT2D eigenvalue weighted by atomic mass is 16.5. The number of nitrogens with one attached hydrogen (secondary N) is 2. The van der Waals surface area contributed by atoms with E-state index in [1.54, 1.807) is 7.11 Å². The Morgan fingerprint density at radius 1 is 1.47 bits per heavy atom. The van der Waals surface area contributed by atoms with Gasteiger partial charge in [-0.2, -0.15) is 0 Å². The van der Waals surface area contributed by atoms with Gasteiger partial charge in [0.05, 0.1) is 12.6 Å². The van der Waals surface area contributed by atoms with Crippen LogP contribution < -0.4 is 16.6 Å². The van der Waals surface area contributed by atoms with Crippen molar-refractivity contribution in [3.8, 4) is 0 Å². The number of anilines is 2. The monoisotopic (exact) mass is 241 g/mol. The van der Waals surface area contributed by atoms with E-state index in [2.05, 4.69) is 20.7 Å². The molecule has 0 fully saturated rings. The lowest BCUT2D eigenvalue weighted by molar-refractivity contribution is 0.170. The Bertz CT molecular complexity index is 341. The zero-order chi connectivity index (χ0) is 12.7. The summed E-state index contributed by atoms with van der Waals surface area (Å²) in [5.41, 5.74) is 3.33. The third-order valence-corrected chi connectivity index (χ3v) is 2.41. The molecule has 1 aromatic rings. The smallest absolute Gasteiger partial charge is 0.148 e. The molecule has 7 nitrogen and oxygen atoms in total. The summed E-state index contributed by atoms with van der Waals surface area (Å²) in [5.74, 6) is 6.59. The maximum Gasteiger partial charge on any atom is 0.148 e. The van der Waals surface area contributed by atoms with Gasteiger partial charge in [-0.3, -0.25) is 0 Å². The number of hydrazine groups is 1. The molecular weight excluding hydrogens is 222 g/mol. The standard InChI is InChI=1S/C10H19N5O2/c1-7-9(12-6-13-10(7)15-11)14-8(3-4-16)5-17-2/h6,8,16H,3-5,11H2,1-2H3,(H2,12,13,14,15). The summed E-state index contributed by atoms with van der Waals surface area (Å²) in [6, 6.07) is 0.00391. The number of ether oxygens (including phenoxy) is 1. The molecule has 0 aliphatic carbocycles. The topological polar surface area (TPSA) is 105 Å². The van der Waals surface area contributed by atoms with Gasteiger partial charge in [-0.25, -0.2) is 15.8 Å². The Kier molecular flexibility index (Phi) is 5.61. The number of aliphatic hydroxyl groups excluding tert-OH is 1. The molecule has 0 aromatic carbocycles. The maximum atomic E-state index is 8.95. The van der Waals surface area contributed by atoms with Gasteiger partial charge in [0, 0.05) is 19.3 Å². The predicted octanol–water partition coefficient (Wildman–Crippen LogP) is -0.120. The second kappa shape index (κ2) is 7.00. The first-order valence-corrected chi connectivity index (χ1v) is 5.37. The number of nitrogens with zero attached hydrogens (tertiary/aromatic N) is 2. The van der Waals surface area contributed by atoms with Gasteiger partial charge in [0.25, 0.3) is 0 Å². The van der Waals surface area contributed by atoms with Crippen molar-refractivity contribution < 1.29 is 9.84 Å². The van der Waals surface area contributed by atoms with Gasteiger partial charge < -0.3 is 20.6 Å². The van der Waals surface area contributed by atoms with Crippen molar-refractivity contribution in [1.29, 1.82) is 0 Å². The number of nitrogens with two attached hydrogens (primary N) is 1. The summed E-state index contributed by atoms with van der Waals surface area (Å²) >= 11 is 0. The molecule has 1 heterocycles. The summed E-state index contributed by atoms with van der Waals surface area (Å²) in [7, 11) is 1.62. The fourth-order valence-electron chi connectivity index (χ4n) is 1.49. The number of aliphatic hydroxyl groups is 1. The van der Waals surface area contributed by atoms with E-state index in [9.17, 15) is 0 Å². The summed E-state index contributed by atoms with van der Waals surface area (Å²) < 4.78 is 5.07. The van der Waals surface area contributed by atoms with Crippen LogP contribution in [0, 0.1) is 6.92 Å². The lowest BCUT2D eigenvalue weighted by atomic mass is 10.2. The summed E-state index contributed by atoms with van der Waals surface area (Å²) in [6.45, 7) is 2.45. The van der Waals surface area contributed by atoms with Gasteiger partial charge in [-0.1, -0.05) is 0 Å². The first kappa shape index (κ1) is 13.6. The van der Waals surface area contributed by atoms with E-state index in [1.807, 2.05) is 6.92 Å². The third kappa shape index (κ3) is 3.81. The molecule has 1 aromatic heterocycles. The van der Waals surface area contributed by atoms with Crippen LogP contribution in [0.1, 0.15) is 12.0 Å². The Hall–Kier alpha value is -1.44. The third-order valence-electron chi connectivity index (χ3n) is 2.41. The largest absolute Gasteiger partial charge is 0.396 e. The first-order chi connectivity index (χ1) is 8.22. The molecule has 1 atom stereocenters. The highest BCUT2D eigenvalue weighted by molar-refractivity contribution is 5.56. The van der Waals surface area contributed by atoms with Crippen LogP contribution in [0.25, 0.3) is 0 Å². The molecule has 7 heteroatoms. The van der Waals surface area contributed by atoms with E-state index in [-0.39, 0.29) is 12.6 Å². The van der Waals surface area contributed by atoms with E-state index in [1.165, 1.54) is 6.33 Å². The van der Waals surface area contributed by atoms with E-state index < -0.39 is 0 Å². The van der Waals surface area contributed by atoms with E-state index >= 15 is 0 Å². The zero-order valence-corrected chi connectivity index (χ0v) is 10.1. The molecule has 0 saturated carbocycles. The highest BCUT2D eigenvalue weighted by Gasteiger charge is 2.12. The fourth-order valence-corrected chi connectivity index (χ4v) is 1.49. The summed E-state index contributed by atoms with van der Waals surface area (Å²) in [4.78, 5) is 8.13. The SMILES string of the molecule is COCC(CCO)Nc1ncnc(NN)c1C. The van der Waals surface area contributed by atoms with Crippen molar-refractivity contribution in [2.45, 2.75) is 19.4 Å². The summed E-state index contributed by atoms with van der Waals surface area (Å²) in [6.07, 6.45) is 2.01. The Labute approximate surface area is 100 Å². The second-order valence-electron chi connectivity index (χ2n) is 3.65. The number of hydrogen-bond donors (Lipinski definition) is 4. The molecule has 0 aliphatic rings. The van der Waals surface area contributed by atoms with Crippen LogP contribution in [-0.4, -0.2) is 41.4 Å². The number of methoxy groups -OCH3 is 1. The van der Waals surface area contributed by atoms with Crippen LogP contribution in [0.15, 0.2) is 6.33 Å². The predicted molar refractivity (Wildman–Crippen MR) is 65.6 cm³/mol. The molecule has 1 rings (SSSR count). The van der Waals surface area contributed by atoms with Gasteiger partial charge >= 0.3 is 0 Å². The van der Waals surface area contributed by atoms with Crippen LogP contribution in [0.4, 0.5) is 11.6 Å². The molecule has 96 valence electrons. The summed E-state index contributed by atoms with van der Waals surface area (Å²) in [5, 5.41) is 12.1. The van der Waals surface area contributed by atoms with Crippen molar-refractivity contribution in [2.75, 3.05) is 31.1 Å². The minimum atomic E-state index is 0.00391. The molecule has 1 unspecified atom stereocenters. The molecule has 0 amide bonds. The Morgan fingerprint density at radius 2 is 2.18 bits per heavy atom. The van der Waals surface area contributed by atoms with Crippen molar-refractivity contribution in [1.82, 2.24) is 9.97 Å². The average molecular weight is 241 g/mol. The molecule has 0 saturated heterocycles. The number of aromatic nitrogens is 2. The van der Waals surface area contributed by atoms with Crippen molar-refractivity contribution >= 4 is 11.6 Å². The van der Waals surface area contributed by atoms with E-state index in [0.29, 0.717) is 24.7 Å². The van der Waals surface area contributed by atoms with Crippen LogP contribution in [0.2, 0.25) is 0 Å². The van der Waals surface area contributed by atoms with E-state index in [0.717, 1.165) is 5.56 Å². The Morgan fingerprint density at radius 3 is 2.76 bits per heavy atom. The number of hydrogen-bond acceptors (Lipinski definition) is 7. The molecular formula is C10H19N5O2. The maximum absolute atomic E-state index is 8.95. The molecule has 5 N–H and O–H groups in total.